The third-order valence-corrected chi connectivity index (χ3v) is 2.48. The summed E-state index contributed by atoms with van der Waals surface area (Å²) in [6.45, 7) is 6.68. The molecule has 0 bridgehead atoms. The second-order valence-electron chi connectivity index (χ2n) is 4.90. The summed E-state index contributed by atoms with van der Waals surface area (Å²) in [7, 11) is 0. The molecule has 0 heterocycles. The fraction of sp³-hybridized carbons (Fsp3) is 0.417. The van der Waals surface area contributed by atoms with Gasteiger partial charge >= 0.3 is 0 Å². The van der Waals surface area contributed by atoms with E-state index < -0.39 is 0 Å². The molecule has 88 valence electrons. The topological polar surface area (TPSA) is 49.3 Å². The van der Waals surface area contributed by atoms with Gasteiger partial charge in [-0.15, -0.1) is 0 Å². The van der Waals surface area contributed by atoms with Crippen LogP contribution in [0.1, 0.15) is 31.1 Å². The van der Waals surface area contributed by atoms with E-state index in [0.717, 1.165) is 4.47 Å². The molecule has 1 aromatic carbocycles. The largest absolute Gasteiger partial charge is 0.507 e. The van der Waals surface area contributed by atoms with Crippen LogP contribution in [0, 0.1) is 5.41 Å². The van der Waals surface area contributed by atoms with Crippen LogP contribution in [-0.2, 0) is 0 Å². The number of carbonyl (C=O) groups excluding carboxylic acids is 1. The third kappa shape index (κ3) is 3.85. The maximum absolute atomic E-state index is 11.7. The number of carbonyl (C=O) groups is 1. The molecule has 0 saturated carbocycles. The van der Waals surface area contributed by atoms with Gasteiger partial charge in [-0.2, -0.15) is 0 Å². The standard InChI is InChI=1S/C12H16BrNO2/c1-12(2,3)7-14-11(16)9-5-4-8(13)6-10(9)15/h4-6,15H,7H2,1-3H3,(H,14,16). The van der Waals surface area contributed by atoms with Crippen LogP contribution in [0.15, 0.2) is 22.7 Å². The maximum Gasteiger partial charge on any atom is 0.255 e. The zero-order valence-electron chi connectivity index (χ0n) is 9.67. The fourth-order valence-corrected chi connectivity index (χ4v) is 1.49. The van der Waals surface area contributed by atoms with E-state index in [9.17, 15) is 9.90 Å². The van der Waals surface area contributed by atoms with Crippen molar-refractivity contribution in [2.45, 2.75) is 20.8 Å². The number of halogens is 1. The van der Waals surface area contributed by atoms with Crippen molar-refractivity contribution in [2.24, 2.45) is 5.41 Å². The van der Waals surface area contributed by atoms with Crippen LogP contribution in [0.3, 0.4) is 0 Å². The first-order valence-electron chi connectivity index (χ1n) is 5.06. The van der Waals surface area contributed by atoms with Gasteiger partial charge in [0.05, 0.1) is 5.56 Å². The Bertz CT molecular complexity index is 396. The van der Waals surface area contributed by atoms with E-state index in [4.69, 9.17) is 0 Å². The predicted molar refractivity (Wildman–Crippen MR) is 67.6 cm³/mol. The van der Waals surface area contributed by atoms with Crippen molar-refractivity contribution >= 4 is 21.8 Å². The molecule has 1 amide bonds. The molecule has 0 spiro atoms. The molecular weight excluding hydrogens is 270 g/mol. The average molecular weight is 286 g/mol. The molecule has 16 heavy (non-hydrogen) atoms. The SMILES string of the molecule is CC(C)(C)CNC(=O)c1ccc(Br)cc1O. The molecule has 2 N–H and O–H groups in total. The molecule has 0 aliphatic rings. The van der Waals surface area contributed by atoms with Crippen LogP contribution in [0.2, 0.25) is 0 Å². The summed E-state index contributed by atoms with van der Waals surface area (Å²) in [5.74, 6) is -0.263. The van der Waals surface area contributed by atoms with Crippen LogP contribution < -0.4 is 5.32 Å². The first-order valence-corrected chi connectivity index (χ1v) is 5.85. The Morgan fingerprint density at radius 3 is 2.56 bits per heavy atom. The van der Waals surface area contributed by atoms with Crippen molar-refractivity contribution in [3.05, 3.63) is 28.2 Å². The van der Waals surface area contributed by atoms with Gasteiger partial charge in [0.2, 0.25) is 0 Å². The Morgan fingerprint density at radius 2 is 2.06 bits per heavy atom. The van der Waals surface area contributed by atoms with Crippen LogP contribution in [0.5, 0.6) is 5.75 Å². The lowest BCUT2D eigenvalue weighted by Crippen LogP contribution is -2.32. The maximum atomic E-state index is 11.7. The Morgan fingerprint density at radius 1 is 1.44 bits per heavy atom. The molecule has 0 atom stereocenters. The van der Waals surface area contributed by atoms with Crippen LogP contribution in [0.4, 0.5) is 0 Å². The van der Waals surface area contributed by atoms with Gasteiger partial charge in [-0.05, 0) is 23.6 Å². The van der Waals surface area contributed by atoms with E-state index in [2.05, 4.69) is 21.2 Å². The molecule has 0 aliphatic carbocycles. The minimum atomic E-state index is -0.250. The smallest absolute Gasteiger partial charge is 0.255 e. The van der Waals surface area contributed by atoms with E-state index in [-0.39, 0.29) is 17.1 Å². The first kappa shape index (κ1) is 13.0. The van der Waals surface area contributed by atoms with Crippen molar-refractivity contribution in [3.63, 3.8) is 0 Å². The molecule has 3 nitrogen and oxygen atoms in total. The summed E-state index contributed by atoms with van der Waals surface area (Å²) in [6, 6.07) is 4.83. The normalized spacial score (nSPS) is 11.2. The monoisotopic (exact) mass is 285 g/mol. The number of rotatable bonds is 2. The van der Waals surface area contributed by atoms with Crippen LogP contribution >= 0.6 is 15.9 Å². The van der Waals surface area contributed by atoms with E-state index in [1.54, 1.807) is 12.1 Å². The Hall–Kier alpha value is -1.03. The highest BCUT2D eigenvalue weighted by Crippen LogP contribution is 2.22. The highest BCUT2D eigenvalue weighted by molar-refractivity contribution is 9.10. The number of nitrogens with one attached hydrogen (secondary N) is 1. The highest BCUT2D eigenvalue weighted by atomic mass is 79.9. The second kappa shape index (κ2) is 4.87. The number of hydrogen-bond donors (Lipinski definition) is 2. The zero-order valence-corrected chi connectivity index (χ0v) is 11.3. The van der Waals surface area contributed by atoms with Gasteiger partial charge in [0.15, 0.2) is 0 Å². The second-order valence-corrected chi connectivity index (χ2v) is 5.82. The highest BCUT2D eigenvalue weighted by Gasteiger charge is 2.15. The third-order valence-electron chi connectivity index (χ3n) is 1.98. The van der Waals surface area contributed by atoms with E-state index >= 15 is 0 Å². The Labute approximate surface area is 104 Å². The molecule has 1 rings (SSSR count). The predicted octanol–water partition coefficient (Wildman–Crippen LogP) is 2.93. The van der Waals surface area contributed by atoms with Crippen LogP contribution in [-0.4, -0.2) is 17.6 Å². The Kier molecular flexibility index (Phi) is 3.97. The number of amides is 1. The van der Waals surface area contributed by atoms with Crippen molar-refractivity contribution in [2.75, 3.05) is 6.54 Å². The molecule has 0 fully saturated rings. The van der Waals surface area contributed by atoms with Crippen molar-refractivity contribution < 1.29 is 9.90 Å². The quantitative estimate of drug-likeness (QED) is 0.878. The molecule has 0 radical (unpaired) electrons. The number of aromatic hydroxyl groups is 1. The van der Waals surface area contributed by atoms with Gasteiger partial charge < -0.3 is 10.4 Å². The van der Waals surface area contributed by atoms with Crippen molar-refractivity contribution in [1.29, 1.82) is 0 Å². The summed E-state index contributed by atoms with van der Waals surface area (Å²) in [5, 5.41) is 12.4. The van der Waals surface area contributed by atoms with Gasteiger partial charge in [0.25, 0.3) is 5.91 Å². The molecule has 0 aliphatic heterocycles. The molecule has 0 saturated heterocycles. The molecule has 1 aromatic rings. The number of phenols is 1. The molecular formula is C12H16BrNO2. The summed E-state index contributed by atoms with van der Waals surface area (Å²) < 4.78 is 0.748. The van der Waals surface area contributed by atoms with Gasteiger partial charge in [-0.1, -0.05) is 36.7 Å². The molecule has 4 heteroatoms. The van der Waals surface area contributed by atoms with Gasteiger partial charge in [-0.3, -0.25) is 4.79 Å². The average Bonchev–Trinajstić information content (AvgIpc) is 2.13. The van der Waals surface area contributed by atoms with E-state index in [0.29, 0.717) is 12.1 Å². The fourth-order valence-electron chi connectivity index (χ4n) is 1.14. The lowest BCUT2D eigenvalue weighted by atomic mass is 9.97. The summed E-state index contributed by atoms with van der Waals surface area (Å²) in [4.78, 5) is 11.7. The lowest BCUT2D eigenvalue weighted by molar-refractivity contribution is 0.0936. The van der Waals surface area contributed by atoms with E-state index in [1.807, 2.05) is 20.8 Å². The van der Waals surface area contributed by atoms with Gasteiger partial charge in [0, 0.05) is 11.0 Å². The zero-order chi connectivity index (χ0) is 12.3. The number of hydrogen-bond acceptors (Lipinski definition) is 2. The summed E-state index contributed by atoms with van der Waals surface area (Å²) >= 11 is 3.22. The van der Waals surface area contributed by atoms with E-state index in [1.165, 1.54) is 6.07 Å². The Balaban J connectivity index is 2.74. The van der Waals surface area contributed by atoms with Gasteiger partial charge in [0.1, 0.15) is 5.75 Å². The lowest BCUT2D eigenvalue weighted by Gasteiger charge is -2.18. The minimum absolute atomic E-state index is 0.0132. The first-order chi connectivity index (χ1) is 7.29. The minimum Gasteiger partial charge on any atom is -0.507 e. The molecule has 0 aromatic heterocycles. The van der Waals surface area contributed by atoms with Gasteiger partial charge in [-0.25, -0.2) is 0 Å². The van der Waals surface area contributed by atoms with Crippen molar-refractivity contribution in [1.82, 2.24) is 5.32 Å². The summed E-state index contributed by atoms with van der Waals surface area (Å²) in [6.07, 6.45) is 0. The number of phenolic OH excluding ortho intramolecular Hbond substituents is 1. The van der Waals surface area contributed by atoms with Crippen molar-refractivity contribution in [3.8, 4) is 5.75 Å². The number of benzene rings is 1. The molecule has 0 unspecified atom stereocenters. The summed E-state index contributed by atoms with van der Waals surface area (Å²) in [5.41, 5.74) is 0.327. The van der Waals surface area contributed by atoms with Crippen LogP contribution in [0.25, 0.3) is 0 Å².